The molecule has 14 aromatic rings. The zero-order valence-corrected chi connectivity index (χ0v) is 41.3. The molecule has 76 heavy (non-hydrogen) atoms. The number of fused-ring (bicyclic) bond motifs is 27. The molecule has 0 radical (unpaired) electrons. The highest BCUT2D eigenvalue weighted by molar-refractivity contribution is 6.14. The van der Waals surface area contributed by atoms with Crippen LogP contribution in [-0.4, -0.2) is 4.57 Å². The minimum atomic E-state index is -0.599. The Balaban J connectivity index is 0.943. The molecule has 13 aromatic carbocycles. The predicted octanol–water partition coefficient (Wildman–Crippen LogP) is 18.7. The van der Waals surface area contributed by atoms with Crippen molar-refractivity contribution in [1.82, 2.24) is 4.57 Å². The lowest BCUT2D eigenvalue weighted by atomic mass is 9.65. The van der Waals surface area contributed by atoms with Gasteiger partial charge < -0.3 is 9.47 Å². The van der Waals surface area contributed by atoms with Crippen molar-refractivity contribution in [3.05, 3.63) is 311 Å². The summed E-state index contributed by atoms with van der Waals surface area (Å²) >= 11 is 0. The Kier molecular flexibility index (Phi) is 7.77. The van der Waals surface area contributed by atoms with E-state index < -0.39 is 10.8 Å². The highest BCUT2D eigenvalue weighted by Gasteiger charge is 2.53. The number of hydrogen-bond acceptors (Lipinski definition) is 1. The molecule has 0 amide bonds. The van der Waals surface area contributed by atoms with Gasteiger partial charge in [0.15, 0.2) is 0 Å². The third kappa shape index (κ3) is 4.85. The van der Waals surface area contributed by atoms with Crippen molar-refractivity contribution in [2.24, 2.45) is 0 Å². The van der Waals surface area contributed by atoms with Crippen molar-refractivity contribution in [3.8, 4) is 39.1 Å². The molecule has 3 aliphatic carbocycles. The lowest BCUT2D eigenvalue weighted by molar-refractivity contribution is 0.748. The molecule has 0 N–H and O–H groups in total. The van der Waals surface area contributed by atoms with Crippen LogP contribution in [-0.2, 0) is 10.8 Å². The van der Waals surface area contributed by atoms with Crippen LogP contribution in [0.1, 0.15) is 44.5 Å². The van der Waals surface area contributed by atoms with Gasteiger partial charge in [-0.05, 0) is 159 Å². The lowest BCUT2D eigenvalue weighted by Gasteiger charge is -2.40. The monoisotopic (exact) mass is 960 g/mol. The first-order valence-corrected chi connectivity index (χ1v) is 26.7. The predicted molar refractivity (Wildman–Crippen MR) is 315 cm³/mol. The van der Waals surface area contributed by atoms with Gasteiger partial charge in [-0.2, -0.15) is 0 Å². The van der Waals surface area contributed by atoms with Crippen LogP contribution in [0.2, 0.25) is 0 Å². The summed E-state index contributed by atoms with van der Waals surface area (Å²) in [5.41, 5.74) is 24.3. The summed E-state index contributed by atoms with van der Waals surface area (Å²) in [5, 5.41) is 10.1. The van der Waals surface area contributed by atoms with E-state index in [9.17, 15) is 0 Å². The van der Waals surface area contributed by atoms with Gasteiger partial charge in [0, 0.05) is 27.8 Å². The third-order valence-corrected chi connectivity index (χ3v) is 18.1. The number of benzene rings is 13. The molecule has 0 fully saturated rings. The van der Waals surface area contributed by atoms with Crippen molar-refractivity contribution >= 4 is 71.2 Å². The van der Waals surface area contributed by atoms with Gasteiger partial charge in [-0.1, -0.05) is 218 Å². The molecule has 1 unspecified atom stereocenters. The van der Waals surface area contributed by atoms with Crippen LogP contribution in [0.3, 0.4) is 0 Å². The summed E-state index contributed by atoms with van der Waals surface area (Å²) in [5.74, 6) is 0. The van der Waals surface area contributed by atoms with E-state index in [1.54, 1.807) is 0 Å². The summed E-state index contributed by atoms with van der Waals surface area (Å²) in [7, 11) is 0. The Bertz CT molecular complexity index is 4870. The Morgan fingerprint density at radius 1 is 0.263 bits per heavy atom. The summed E-state index contributed by atoms with van der Waals surface area (Å²) in [6, 6.07) is 102. The number of rotatable bonds is 3. The molecule has 1 aromatic heterocycles. The second-order valence-corrected chi connectivity index (χ2v) is 21.4. The number of hydrogen-bond donors (Lipinski definition) is 0. The topological polar surface area (TPSA) is 8.17 Å². The molecule has 18 rings (SSSR count). The van der Waals surface area contributed by atoms with Gasteiger partial charge in [-0.3, -0.25) is 0 Å². The molecule has 1 aliphatic heterocycles. The van der Waals surface area contributed by atoms with Crippen LogP contribution in [0.15, 0.2) is 267 Å². The first-order chi connectivity index (χ1) is 37.7. The van der Waals surface area contributed by atoms with Crippen molar-refractivity contribution < 1.29 is 0 Å². The summed E-state index contributed by atoms with van der Waals surface area (Å²) in [4.78, 5) is 2.56. The maximum Gasteiger partial charge on any atom is 0.0755 e. The van der Waals surface area contributed by atoms with Gasteiger partial charge in [0.25, 0.3) is 0 Å². The first-order valence-electron chi connectivity index (χ1n) is 26.7. The number of aromatic nitrogens is 1. The quantitative estimate of drug-likeness (QED) is 0.160. The highest BCUT2D eigenvalue weighted by atomic mass is 15.1. The van der Waals surface area contributed by atoms with E-state index in [1.165, 1.54) is 138 Å². The summed E-state index contributed by atoms with van der Waals surface area (Å²) in [6.07, 6.45) is 0. The number of para-hydroxylation sites is 3. The highest BCUT2D eigenvalue weighted by Crippen LogP contribution is 2.66. The summed E-state index contributed by atoms with van der Waals surface area (Å²) in [6.45, 7) is 0. The first kappa shape index (κ1) is 40.7. The second-order valence-electron chi connectivity index (χ2n) is 21.4. The Hall–Kier alpha value is -9.76. The van der Waals surface area contributed by atoms with Crippen molar-refractivity contribution in [1.29, 1.82) is 0 Å². The van der Waals surface area contributed by atoms with Crippen molar-refractivity contribution in [2.75, 3.05) is 4.90 Å². The number of nitrogens with zero attached hydrogens (tertiary/aromatic N) is 2. The lowest BCUT2D eigenvalue weighted by Crippen LogP contribution is -2.33. The molecule has 1 atom stereocenters. The van der Waals surface area contributed by atoms with Crippen molar-refractivity contribution in [3.63, 3.8) is 0 Å². The van der Waals surface area contributed by atoms with Gasteiger partial charge in [0.2, 0.25) is 0 Å². The minimum Gasteiger partial charge on any atom is -0.310 e. The van der Waals surface area contributed by atoms with E-state index in [2.05, 4.69) is 276 Å². The van der Waals surface area contributed by atoms with Gasteiger partial charge in [0.1, 0.15) is 0 Å². The largest absolute Gasteiger partial charge is 0.310 e. The van der Waals surface area contributed by atoms with E-state index in [0.717, 1.165) is 17.1 Å². The molecule has 2 spiro atoms. The van der Waals surface area contributed by atoms with Gasteiger partial charge >= 0.3 is 0 Å². The molecule has 2 nitrogen and oxygen atoms in total. The van der Waals surface area contributed by atoms with Crippen LogP contribution in [0, 0.1) is 0 Å². The normalized spacial score (nSPS) is 15.5. The van der Waals surface area contributed by atoms with Gasteiger partial charge in [0.05, 0.1) is 27.6 Å². The van der Waals surface area contributed by atoms with Crippen LogP contribution < -0.4 is 4.90 Å². The Morgan fingerprint density at radius 2 is 0.737 bits per heavy atom. The van der Waals surface area contributed by atoms with Crippen molar-refractivity contribution in [2.45, 2.75) is 10.8 Å². The second kappa shape index (κ2) is 14.5. The summed E-state index contributed by atoms with van der Waals surface area (Å²) < 4.78 is 2.54. The van der Waals surface area contributed by atoms with Crippen LogP contribution in [0.5, 0.6) is 0 Å². The van der Waals surface area contributed by atoms with E-state index in [4.69, 9.17) is 0 Å². The molecule has 350 valence electrons. The Labute approximate surface area is 439 Å². The molecule has 2 heterocycles. The van der Waals surface area contributed by atoms with Gasteiger partial charge in [-0.25, -0.2) is 0 Å². The van der Waals surface area contributed by atoms with E-state index in [1.807, 2.05) is 0 Å². The molecule has 4 aliphatic rings. The average Bonchev–Trinajstić information content (AvgIpc) is 4.38. The van der Waals surface area contributed by atoms with Crippen LogP contribution in [0.4, 0.5) is 17.1 Å². The molecule has 0 saturated heterocycles. The fourth-order valence-corrected chi connectivity index (χ4v) is 15.3. The zero-order chi connectivity index (χ0) is 49.4. The third-order valence-electron chi connectivity index (χ3n) is 18.1. The van der Waals surface area contributed by atoms with E-state index in [0.29, 0.717) is 0 Å². The molecule has 2 heteroatoms. The van der Waals surface area contributed by atoms with Gasteiger partial charge in [-0.15, -0.1) is 0 Å². The SMILES string of the molecule is c1ccc2c(c1)-c1ccccc1C21c2cc(N(c3ccc4c(c3)C3(c5ccccc5-4)c4ccccc4-n4c5ccccc5c5cccc3c54)c3ccc4c(ccc5ccccc54)c3)ccc2-c2c1ccc1ccccc21. The molecule has 0 saturated carbocycles. The Morgan fingerprint density at radius 3 is 1.47 bits per heavy atom. The smallest absolute Gasteiger partial charge is 0.0755 e. The van der Waals surface area contributed by atoms with E-state index in [-0.39, 0.29) is 0 Å². The molecular formula is C74H44N2. The minimum absolute atomic E-state index is 0.529. The fraction of sp³-hybridized carbons (Fsp3) is 0.0270. The molecular weight excluding hydrogens is 917 g/mol. The number of anilines is 3. The van der Waals surface area contributed by atoms with Crippen LogP contribution in [0.25, 0.3) is 93.2 Å². The van der Waals surface area contributed by atoms with Crippen LogP contribution >= 0.6 is 0 Å². The standard InChI is InChI=1S/C74H44N2/c1-3-18-51-45(16-1)32-33-47-42-48(35-38-52(47)51)75(50-37-40-60-68(44-50)73(65-41-34-46-17-2-4-19-53(46)71(60)65)61-25-9-5-20-54(61)55-21-6-10-26-62(55)73)49-36-39-57-56-22-7-11-27-63(56)74(67(57)43-49)64-28-12-14-31-70(64)76-69-30-13-8-23-58(69)59-24-15-29-66(74)72(59)76/h1-44H. The maximum absolute atomic E-state index is 2.56. The maximum atomic E-state index is 2.56. The molecule has 0 bridgehead atoms. The average molecular weight is 961 g/mol. The van der Waals surface area contributed by atoms with E-state index >= 15 is 0 Å². The fourth-order valence-electron chi connectivity index (χ4n) is 15.3. The zero-order valence-electron chi connectivity index (χ0n) is 41.3.